The molecule has 170 valence electrons. The molecule has 0 radical (unpaired) electrons. The number of benzene rings is 1. The summed E-state index contributed by atoms with van der Waals surface area (Å²) in [6, 6.07) is 5.49. The van der Waals surface area contributed by atoms with E-state index in [0.29, 0.717) is 56.6 Å². The van der Waals surface area contributed by atoms with Crippen LogP contribution in [0.5, 0.6) is 0 Å². The quantitative estimate of drug-likeness (QED) is 0.618. The Balaban J connectivity index is 1.50. The van der Waals surface area contributed by atoms with E-state index in [1.165, 1.54) is 4.31 Å². The number of imidazole rings is 1. The first-order valence-corrected chi connectivity index (χ1v) is 12.5. The van der Waals surface area contributed by atoms with E-state index < -0.39 is 10.0 Å². The van der Waals surface area contributed by atoms with Crippen molar-refractivity contribution in [3.63, 3.8) is 0 Å². The molecule has 1 aliphatic heterocycles. The Morgan fingerprint density at radius 3 is 2.61 bits per heavy atom. The van der Waals surface area contributed by atoms with Crippen molar-refractivity contribution < 1.29 is 17.9 Å². The van der Waals surface area contributed by atoms with Crippen molar-refractivity contribution in [3.05, 3.63) is 24.0 Å². The lowest BCUT2D eigenvalue weighted by Crippen LogP contribution is -2.40. The average Bonchev–Trinajstić information content (AvgIpc) is 3.55. The summed E-state index contributed by atoms with van der Waals surface area (Å²) in [5, 5.41) is 0. The van der Waals surface area contributed by atoms with Crippen LogP contribution in [0.3, 0.4) is 0 Å². The molecule has 2 fully saturated rings. The van der Waals surface area contributed by atoms with Gasteiger partial charge in [-0.3, -0.25) is 4.79 Å². The summed E-state index contributed by atoms with van der Waals surface area (Å²) in [7, 11) is -1.65. The topological polar surface area (TPSA) is 84.7 Å². The zero-order valence-electron chi connectivity index (χ0n) is 18.6. The van der Waals surface area contributed by atoms with Crippen LogP contribution in [0.2, 0.25) is 0 Å². The van der Waals surface area contributed by atoms with Crippen LogP contribution in [0.15, 0.2) is 23.1 Å². The van der Waals surface area contributed by atoms with Gasteiger partial charge >= 0.3 is 0 Å². The van der Waals surface area contributed by atoms with Crippen molar-refractivity contribution in [2.75, 3.05) is 32.8 Å². The van der Waals surface area contributed by atoms with Crippen LogP contribution >= 0.6 is 0 Å². The molecule has 1 aliphatic carbocycles. The Morgan fingerprint density at radius 2 is 1.97 bits per heavy atom. The maximum absolute atomic E-state index is 13.0. The summed E-state index contributed by atoms with van der Waals surface area (Å²) in [4.78, 5) is 19.8. The van der Waals surface area contributed by atoms with Crippen molar-refractivity contribution >= 4 is 27.0 Å². The number of carbonyl (C=O) groups is 1. The van der Waals surface area contributed by atoms with Crippen LogP contribution in [0.25, 0.3) is 11.0 Å². The standard InChI is InChI=1S/C22H32N4O4S/c1-16(2)15-26(17-4-5-17)22(27)9-8-21-23-19-14-18(6-7-20(19)24(21)3)31(28,29)25-10-12-30-13-11-25/h6-7,14,16-17H,4-5,8-13,15H2,1-3H3. The summed E-state index contributed by atoms with van der Waals surface area (Å²) in [5.74, 6) is 1.43. The summed E-state index contributed by atoms with van der Waals surface area (Å²) in [6.45, 7) is 6.63. The van der Waals surface area contributed by atoms with Crippen LogP contribution < -0.4 is 0 Å². The van der Waals surface area contributed by atoms with E-state index in [9.17, 15) is 13.2 Å². The number of aromatic nitrogens is 2. The van der Waals surface area contributed by atoms with Crippen LogP contribution in [0.4, 0.5) is 0 Å². The Bertz CT molecular complexity index is 1050. The minimum absolute atomic E-state index is 0.179. The van der Waals surface area contributed by atoms with Crippen molar-refractivity contribution in [1.82, 2.24) is 18.8 Å². The van der Waals surface area contributed by atoms with Crippen LogP contribution in [-0.4, -0.2) is 72.0 Å². The molecule has 0 bridgehead atoms. The molecular weight excluding hydrogens is 416 g/mol. The fourth-order valence-corrected chi connectivity index (χ4v) is 5.57. The minimum atomic E-state index is -3.56. The van der Waals surface area contributed by atoms with Gasteiger partial charge in [-0.05, 0) is 37.0 Å². The Kier molecular flexibility index (Phi) is 6.37. The van der Waals surface area contributed by atoms with Crippen LogP contribution in [0, 0.1) is 5.92 Å². The van der Waals surface area contributed by atoms with Gasteiger partial charge in [0.05, 0.1) is 29.1 Å². The lowest BCUT2D eigenvalue weighted by molar-refractivity contribution is -0.132. The fraction of sp³-hybridized carbons (Fsp3) is 0.636. The van der Waals surface area contributed by atoms with Crippen molar-refractivity contribution in [1.29, 1.82) is 0 Å². The van der Waals surface area contributed by atoms with Gasteiger partial charge in [-0.1, -0.05) is 13.8 Å². The lowest BCUT2D eigenvalue weighted by Gasteiger charge is -2.26. The van der Waals surface area contributed by atoms with Gasteiger partial charge in [0.1, 0.15) is 5.82 Å². The second-order valence-electron chi connectivity index (χ2n) is 8.93. The first-order chi connectivity index (χ1) is 14.8. The van der Waals surface area contributed by atoms with E-state index in [2.05, 4.69) is 18.8 Å². The number of hydrogen-bond donors (Lipinski definition) is 0. The van der Waals surface area contributed by atoms with E-state index in [-0.39, 0.29) is 10.8 Å². The highest BCUT2D eigenvalue weighted by Gasteiger charge is 2.32. The highest BCUT2D eigenvalue weighted by Crippen LogP contribution is 2.29. The average molecular weight is 449 g/mol. The molecule has 2 aliphatic rings. The zero-order chi connectivity index (χ0) is 22.2. The number of carbonyl (C=O) groups excluding carboxylic acids is 1. The molecule has 1 saturated carbocycles. The van der Waals surface area contributed by atoms with Gasteiger partial charge < -0.3 is 14.2 Å². The molecule has 8 nitrogen and oxygen atoms in total. The number of hydrogen-bond acceptors (Lipinski definition) is 5. The van der Waals surface area contributed by atoms with E-state index in [0.717, 1.165) is 30.7 Å². The number of fused-ring (bicyclic) bond motifs is 1. The fourth-order valence-electron chi connectivity index (χ4n) is 4.15. The van der Waals surface area contributed by atoms with Gasteiger partial charge in [0, 0.05) is 45.6 Å². The lowest BCUT2D eigenvalue weighted by atomic mass is 10.2. The number of rotatable bonds is 8. The largest absolute Gasteiger partial charge is 0.379 e. The summed E-state index contributed by atoms with van der Waals surface area (Å²) in [5.41, 5.74) is 1.50. The highest BCUT2D eigenvalue weighted by atomic mass is 32.2. The molecule has 1 amide bonds. The molecule has 1 aromatic carbocycles. The maximum Gasteiger partial charge on any atom is 0.243 e. The maximum atomic E-state index is 13.0. The molecule has 0 spiro atoms. The van der Waals surface area contributed by atoms with Gasteiger partial charge in [0.15, 0.2) is 0 Å². The predicted molar refractivity (Wildman–Crippen MR) is 118 cm³/mol. The molecule has 2 aromatic rings. The molecule has 1 aromatic heterocycles. The molecule has 1 saturated heterocycles. The minimum Gasteiger partial charge on any atom is -0.379 e. The SMILES string of the molecule is CC(C)CN(C(=O)CCc1nc2cc(S(=O)(=O)N3CCOCC3)ccc2n1C)C1CC1. The molecule has 9 heteroatoms. The van der Waals surface area contributed by atoms with Crippen LogP contribution in [-0.2, 0) is 33.0 Å². The third-order valence-corrected chi connectivity index (χ3v) is 7.88. The third-order valence-electron chi connectivity index (χ3n) is 5.99. The number of aryl methyl sites for hydroxylation is 2. The third kappa shape index (κ3) is 4.78. The van der Waals surface area contributed by atoms with Gasteiger partial charge in [0.2, 0.25) is 15.9 Å². The Morgan fingerprint density at radius 1 is 1.26 bits per heavy atom. The first-order valence-electron chi connectivity index (χ1n) is 11.1. The van der Waals surface area contributed by atoms with Crippen molar-refractivity contribution in [2.24, 2.45) is 13.0 Å². The smallest absolute Gasteiger partial charge is 0.243 e. The normalized spacial score (nSPS) is 18.1. The summed E-state index contributed by atoms with van der Waals surface area (Å²) < 4.78 is 34.6. The van der Waals surface area contributed by atoms with E-state index in [4.69, 9.17) is 4.74 Å². The predicted octanol–water partition coefficient (Wildman–Crippen LogP) is 2.17. The van der Waals surface area contributed by atoms with Gasteiger partial charge in [-0.25, -0.2) is 13.4 Å². The number of sulfonamides is 1. The number of amides is 1. The van der Waals surface area contributed by atoms with Gasteiger partial charge in [-0.15, -0.1) is 0 Å². The molecule has 0 unspecified atom stereocenters. The molecule has 0 N–H and O–H groups in total. The van der Waals surface area contributed by atoms with E-state index in [1.54, 1.807) is 18.2 Å². The second-order valence-corrected chi connectivity index (χ2v) is 10.9. The van der Waals surface area contributed by atoms with Gasteiger partial charge in [-0.2, -0.15) is 4.31 Å². The highest BCUT2D eigenvalue weighted by molar-refractivity contribution is 7.89. The van der Waals surface area contributed by atoms with Crippen LogP contribution in [0.1, 0.15) is 38.9 Å². The van der Waals surface area contributed by atoms with Crippen molar-refractivity contribution in [2.45, 2.75) is 50.5 Å². The molecule has 4 rings (SSSR count). The summed E-state index contributed by atoms with van der Waals surface area (Å²) in [6.07, 6.45) is 3.16. The molecule has 2 heterocycles. The Labute approximate surface area is 184 Å². The molecular formula is C22H32N4O4S. The zero-order valence-corrected chi connectivity index (χ0v) is 19.4. The summed E-state index contributed by atoms with van der Waals surface area (Å²) >= 11 is 0. The van der Waals surface area contributed by atoms with Crippen molar-refractivity contribution in [3.8, 4) is 0 Å². The number of morpholine rings is 1. The molecule has 0 atom stereocenters. The van der Waals surface area contributed by atoms with E-state index in [1.807, 2.05) is 16.5 Å². The van der Waals surface area contributed by atoms with Gasteiger partial charge in [0.25, 0.3) is 0 Å². The number of ether oxygens (including phenoxy) is 1. The molecule has 31 heavy (non-hydrogen) atoms. The van der Waals surface area contributed by atoms with E-state index >= 15 is 0 Å². The number of nitrogens with zero attached hydrogens (tertiary/aromatic N) is 4. The Hall–Kier alpha value is -1.97. The monoisotopic (exact) mass is 448 g/mol. The second kappa shape index (κ2) is 8.88. The first kappa shape index (κ1) is 22.2.